The predicted octanol–water partition coefficient (Wildman–Crippen LogP) is 6.49. The molecule has 1 unspecified atom stereocenters. The average molecular weight is 421 g/mol. The van der Waals surface area contributed by atoms with E-state index in [0.717, 1.165) is 10.5 Å². The standard InChI is InChI=1S/C14H13NO3S.F6P/c1-19(13-8-6-12(16)7-9-13)10-11-4-2-3-5-14(11)15(17)18;1-7(2,3,4,5)6/h2-9H,10H2,1H3;/q;-1/p+1. The van der Waals surface area contributed by atoms with Crippen molar-refractivity contribution in [3.05, 3.63) is 64.2 Å². The van der Waals surface area contributed by atoms with Crippen molar-refractivity contribution in [2.75, 3.05) is 6.26 Å². The molecule has 0 radical (unpaired) electrons. The van der Waals surface area contributed by atoms with E-state index in [1.165, 1.54) is 6.07 Å². The Labute approximate surface area is 147 Å². The first-order valence-electron chi connectivity index (χ1n) is 6.73. The number of rotatable bonds is 4. The summed E-state index contributed by atoms with van der Waals surface area (Å²) in [5, 5.41) is 20.2. The number of nitro benzene ring substituents is 1. The first-order valence-corrected chi connectivity index (χ1v) is 10.6. The monoisotopic (exact) mass is 421 g/mol. The van der Waals surface area contributed by atoms with Crippen LogP contribution in [0.2, 0.25) is 0 Å². The molecule has 0 saturated heterocycles. The van der Waals surface area contributed by atoms with Gasteiger partial charge in [0.15, 0.2) is 4.90 Å². The molecule has 0 amide bonds. The summed E-state index contributed by atoms with van der Waals surface area (Å²) >= 11 is 0. The van der Waals surface area contributed by atoms with E-state index < -0.39 is 7.81 Å². The molecule has 0 aliphatic heterocycles. The Morgan fingerprint density at radius 2 is 1.46 bits per heavy atom. The van der Waals surface area contributed by atoms with E-state index in [0.29, 0.717) is 5.75 Å². The van der Waals surface area contributed by atoms with Crippen molar-refractivity contribution in [2.45, 2.75) is 10.6 Å². The summed E-state index contributed by atoms with van der Waals surface area (Å²) in [6.45, 7) is 0. The van der Waals surface area contributed by atoms with Gasteiger partial charge in [0.1, 0.15) is 17.8 Å². The van der Waals surface area contributed by atoms with Crippen molar-refractivity contribution in [1.82, 2.24) is 0 Å². The minimum atomic E-state index is -10.7. The van der Waals surface area contributed by atoms with Crippen LogP contribution in [-0.4, -0.2) is 16.3 Å². The third-order valence-electron chi connectivity index (χ3n) is 2.80. The fraction of sp³-hybridized carbons (Fsp3) is 0.143. The molecule has 2 rings (SSSR count). The number of hydrogen-bond donors (Lipinski definition) is 1. The van der Waals surface area contributed by atoms with Crippen LogP contribution in [0.1, 0.15) is 5.56 Å². The van der Waals surface area contributed by atoms with Crippen molar-refractivity contribution in [2.24, 2.45) is 0 Å². The molecule has 0 fully saturated rings. The zero-order valence-electron chi connectivity index (χ0n) is 13.2. The summed E-state index contributed by atoms with van der Waals surface area (Å²) in [7, 11) is -10.8. The van der Waals surface area contributed by atoms with Gasteiger partial charge in [0.25, 0.3) is 5.69 Å². The van der Waals surface area contributed by atoms with Crippen molar-refractivity contribution in [3.8, 4) is 5.75 Å². The molecule has 0 aliphatic rings. The normalized spacial score (nSPS) is 15.0. The van der Waals surface area contributed by atoms with Gasteiger partial charge < -0.3 is 5.11 Å². The quantitative estimate of drug-likeness (QED) is 0.202. The number of nitrogens with zero attached hydrogens (tertiary/aromatic N) is 1. The summed E-state index contributed by atoms with van der Waals surface area (Å²) in [5.74, 6) is 0.855. The van der Waals surface area contributed by atoms with E-state index in [2.05, 4.69) is 0 Å². The van der Waals surface area contributed by atoms with Crippen molar-refractivity contribution in [1.29, 1.82) is 0 Å². The first-order chi connectivity index (χ1) is 11.5. The Morgan fingerprint density at radius 1 is 1.00 bits per heavy atom. The Bertz CT molecular complexity index is 772. The Morgan fingerprint density at radius 3 is 1.92 bits per heavy atom. The summed E-state index contributed by atoms with van der Waals surface area (Å²) in [4.78, 5) is 11.7. The number of halogens is 6. The predicted molar refractivity (Wildman–Crippen MR) is 90.0 cm³/mol. The number of hydrogen-bond acceptors (Lipinski definition) is 3. The molecule has 0 aliphatic carbocycles. The van der Waals surface area contributed by atoms with E-state index >= 15 is 0 Å². The molecule has 1 N–H and O–H groups in total. The van der Waals surface area contributed by atoms with E-state index in [-0.39, 0.29) is 27.3 Å². The van der Waals surface area contributed by atoms with Gasteiger partial charge in [-0.25, -0.2) is 0 Å². The number of nitro groups is 1. The third-order valence-corrected chi connectivity index (χ3v) is 4.62. The van der Waals surface area contributed by atoms with Crippen molar-refractivity contribution in [3.63, 3.8) is 0 Å². The molecular weight excluding hydrogens is 407 g/mol. The van der Waals surface area contributed by atoms with E-state index in [4.69, 9.17) is 0 Å². The van der Waals surface area contributed by atoms with Crippen LogP contribution in [0.4, 0.5) is 30.9 Å². The maximum absolute atomic E-state index is 11.0. The maximum atomic E-state index is 11.0. The van der Waals surface area contributed by atoms with Crippen molar-refractivity contribution >= 4 is 24.4 Å². The molecule has 2 aromatic rings. The molecule has 0 spiro atoms. The minimum absolute atomic E-state index is 0.135. The van der Waals surface area contributed by atoms with E-state index in [9.17, 15) is 40.4 Å². The second-order valence-electron chi connectivity index (χ2n) is 5.12. The van der Waals surface area contributed by atoms with Crippen LogP contribution >= 0.6 is 7.81 Å². The summed E-state index contributed by atoms with van der Waals surface area (Å²) in [5.41, 5.74) is 0.909. The molecule has 0 saturated carbocycles. The van der Waals surface area contributed by atoms with Crippen LogP contribution in [0.3, 0.4) is 0 Å². The third kappa shape index (κ3) is 10.1. The second-order valence-corrected chi connectivity index (χ2v) is 9.07. The number of phenolic OH excluding ortho intramolecular Hbond substituents is 1. The molecule has 2 aromatic carbocycles. The Kier molecular flexibility index (Phi) is 5.90. The molecule has 4 nitrogen and oxygen atoms in total. The number of phenols is 1. The van der Waals surface area contributed by atoms with Gasteiger partial charge in [-0.3, -0.25) is 10.1 Å². The van der Waals surface area contributed by atoms with Crippen LogP contribution in [0.25, 0.3) is 0 Å². The van der Waals surface area contributed by atoms with Gasteiger partial charge in [0.2, 0.25) is 0 Å². The van der Waals surface area contributed by atoms with E-state index in [1.807, 2.05) is 24.5 Å². The summed E-state index contributed by atoms with van der Waals surface area (Å²) in [6, 6.07) is 13.8. The molecule has 12 heteroatoms. The van der Waals surface area contributed by atoms with Crippen LogP contribution in [0.5, 0.6) is 5.75 Å². The van der Waals surface area contributed by atoms with Crippen LogP contribution in [-0.2, 0) is 16.6 Å². The second kappa shape index (κ2) is 6.96. The zero-order valence-corrected chi connectivity index (χ0v) is 14.9. The number of aromatic hydroxyl groups is 1. The van der Waals surface area contributed by atoms with E-state index in [1.54, 1.807) is 24.3 Å². The Balaban J connectivity index is 0.000000412. The van der Waals surface area contributed by atoms with Gasteiger partial charge in [-0.05, 0) is 30.3 Å². The molecule has 26 heavy (non-hydrogen) atoms. The number of benzene rings is 2. The molecule has 1 atom stereocenters. The van der Waals surface area contributed by atoms with Gasteiger partial charge in [0, 0.05) is 17.0 Å². The first kappa shape index (κ1) is 22.0. The SMILES string of the molecule is C[S+](Cc1ccccc1[N+](=O)[O-])c1ccc(O)cc1.F[P-](F)(F)(F)(F)F. The fourth-order valence-electron chi connectivity index (χ4n) is 1.81. The van der Waals surface area contributed by atoms with Crippen molar-refractivity contribution < 1.29 is 35.2 Å². The molecule has 0 aromatic heterocycles. The summed E-state index contributed by atoms with van der Waals surface area (Å²) < 4.78 is 59.2. The summed E-state index contributed by atoms with van der Waals surface area (Å²) in [6.07, 6.45) is 2.04. The van der Waals surface area contributed by atoms with Gasteiger partial charge in [-0.15, -0.1) is 0 Å². The van der Waals surface area contributed by atoms with Crippen LogP contribution in [0, 0.1) is 10.1 Å². The molecule has 146 valence electrons. The fourth-order valence-corrected chi connectivity index (χ4v) is 3.28. The van der Waals surface area contributed by atoms with Gasteiger partial charge in [0.05, 0.1) is 10.5 Å². The number of para-hydroxylation sites is 1. The zero-order chi connectivity index (χ0) is 20.2. The van der Waals surface area contributed by atoms with Crippen LogP contribution in [0.15, 0.2) is 53.4 Å². The average Bonchev–Trinajstić information content (AvgIpc) is 2.45. The molecule has 0 heterocycles. The van der Waals surface area contributed by atoms with Gasteiger partial charge in [-0.1, -0.05) is 12.1 Å². The molecule has 0 bridgehead atoms. The topological polar surface area (TPSA) is 63.4 Å². The van der Waals surface area contributed by atoms with Gasteiger partial charge >= 0.3 is 33.0 Å². The molecular formula is C14H14F6NO3PS. The Hall–Kier alpha value is -2.00. The van der Waals surface area contributed by atoms with Crippen LogP contribution < -0.4 is 0 Å². The van der Waals surface area contributed by atoms with Gasteiger partial charge in [-0.2, -0.15) is 0 Å².